The predicted molar refractivity (Wildman–Crippen MR) is 95.5 cm³/mol. The number of alkyl halides is 1. The Kier molecular flexibility index (Phi) is 4.12. The minimum absolute atomic E-state index is 0.172. The predicted octanol–water partition coefficient (Wildman–Crippen LogP) is 6.16. The van der Waals surface area contributed by atoms with E-state index in [1.807, 2.05) is 25.1 Å². The zero-order valence-corrected chi connectivity index (χ0v) is 15.5. The van der Waals surface area contributed by atoms with Crippen molar-refractivity contribution in [2.24, 2.45) is 0 Å². The van der Waals surface area contributed by atoms with Crippen LogP contribution in [0, 0.1) is 6.92 Å². The Morgan fingerprint density at radius 1 is 1.10 bits per heavy atom. The highest BCUT2D eigenvalue weighted by Crippen LogP contribution is 2.32. The molecule has 2 aromatic carbocycles. The fourth-order valence-corrected chi connectivity index (χ4v) is 3.25. The van der Waals surface area contributed by atoms with Crippen LogP contribution in [0.3, 0.4) is 0 Å². The highest BCUT2D eigenvalue weighted by Gasteiger charge is 2.18. The van der Waals surface area contributed by atoms with Crippen molar-refractivity contribution in [2.45, 2.75) is 19.2 Å². The van der Waals surface area contributed by atoms with Crippen LogP contribution in [-0.2, 0) is 0 Å². The van der Waals surface area contributed by atoms with Crippen molar-refractivity contribution in [2.75, 3.05) is 0 Å². The van der Waals surface area contributed by atoms with E-state index in [9.17, 15) is 0 Å². The Morgan fingerprint density at radius 3 is 2.48 bits per heavy atom. The Bertz CT molecular complexity index is 825. The summed E-state index contributed by atoms with van der Waals surface area (Å²) in [5.74, 6) is 0.853. The van der Waals surface area contributed by atoms with Gasteiger partial charge in [0.15, 0.2) is 0 Å². The van der Waals surface area contributed by atoms with Crippen LogP contribution in [0.1, 0.15) is 23.7 Å². The summed E-state index contributed by atoms with van der Waals surface area (Å²) in [6.07, 6.45) is 0. The van der Waals surface area contributed by atoms with Crippen molar-refractivity contribution in [1.82, 2.24) is 9.55 Å². The molecule has 0 saturated carbocycles. The standard InChI is InChI=1S/C16H13Br2ClN2/c1-9-3-4-11(17)7-14(9)21-15-8-12(18)5-6-13(15)20-16(21)10(2)19/h3-8,10H,1-2H3. The molecule has 2 nitrogen and oxygen atoms in total. The number of rotatable bonds is 2. The third-order valence-electron chi connectivity index (χ3n) is 3.41. The molecule has 3 rings (SSSR count). The molecular formula is C16H13Br2ClN2. The van der Waals surface area contributed by atoms with E-state index in [2.05, 4.69) is 61.5 Å². The van der Waals surface area contributed by atoms with Gasteiger partial charge in [0.05, 0.1) is 22.1 Å². The second-order valence-electron chi connectivity index (χ2n) is 4.99. The number of fused-ring (bicyclic) bond motifs is 1. The molecule has 21 heavy (non-hydrogen) atoms. The second-order valence-corrected chi connectivity index (χ2v) is 7.47. The van der Waals surface area contributed by atoms with Crippen LogP contribution in [0.2, 0.25) is 0 Å². The number of aromatic nitrogens is 2. The first kappa shape index (κ1) is 15.1. The van der Waals surface area contributed by atoms with E-state index in [0.717, 1.165) is 31.5 Å². The van der Waals surface area contributed by atoms with Crippen molar-refractivity contribution >= 4 is 54.5 Å². The quantitative estimate of drug-likeness (QED) is 0.447. The number of aryl methyl sites for hydroxylation is 1. The van der Waals surface area contributed by atoms with Gasteiger partial charge in [-0.05, 0) is 49.7 Å². The number of halogens is 3. The van der Waals surface area contributed by atoms with Crippen LogP contribution in [0.25, 0.3) is 16.7 Å². The number of benzene rings is 2. The van der Waals surface area contributed by atoms with Gasteiger partial charge < -0.3 is 0 Å². The van der Waals surface area contributed by atoms with Gasteiger partial charge in [0.2, 0.25) is 0 Å². The molecule has 5 heteroatoms. The Hall–Kier alpha value is -0.840. The maximum Gasteiger partial charge on any atom is 0.132 e. The highest BCUT2D eigenvalue weighted by atomic mass is 79.9. The van der Waals surface area contributed by atoms with Gasteiger partial charge in [0, 0.05) is 8.95 Å². The molecule has 0 saturated heterocycles. The largest absolute Gasteiger partial charge is 0.295 e. The smallest absolute Gasteiger partial charge is 0.132 e. The van der Waals surface area contributed by atoms with E-state index in [4.69, 9.17) is 16.6 Å². The monoisotopic (exact) mass is 426 g/mol. The molecule has 0 spiro atoms. The molecule has 1 unspecified atom stereocenters. The first-order chi connectivity index (χ1) is 9.97. The summed E-state index contributed by atoms with van der Waals surface area (Å²) in [5, 5.41) is -0.172. The Labute approximate surface area is 145 Å². The SMILES string of the molecule is Cc1ccc(Br)cc1-n1c(C(C)Cl)nc2ccc(Br)cc21. The van der Waals surface area contributed by atoms with E-state index >= 15 is 0 Å². The summed E-state index contributed by atoms with van der Waals surface area (Å²) in [6, 6.07) is 12.3. The van der Waals surface area contributed by atoms with Crippen LogP contribution < -0.4 is 0 Å². The fraction of sp³-hybridized carbons (Fsp3) is 0.188. The van der Waals surface area contributed by atoms with E-state index in [-0.39, 0.29) is 5.38 Å². The summed E-state index contributed by atoms with van der Waals surface area (Å²) < 4.78 is 4.20. The first-order valence-corrected chi connectivity index (χ1v) is 8.58. The Balaban J connectivity index is 2.41. The zero-order valence-electron chi connectivity index (χ0n) is 11.6. The summed E-state index contributed by atoms with van der Waals surface area (Å²) in [6.45, 7) is 4.04. The second kappa shape index (κ2) is 5.75. The van der Waals surface area contributed by atoms with Gasteiger partial charge in [0.25, 0.3) is 0 Å². The molecule has 0 amide bonds. The number of nitrogens with zero attached hydrogens (tertiary/aromatic N) is 2. The lowest BCUT2D eigenvalue weighted by Crippen LogP contribution is -2.03. The molecule has 0 aliphatic rings. The van der Waals surface area contributed by atoms with Crippen LogP contribution in [0.5, 0.6) is 0 Å². The maximum atomic E-state index is 6.35. The molecule has 108 valence electrons. The minimum atomic E-state index is -0.172. The first-order valence-electron chi connectivity index (χ1n) is 6.56. The molecule has 0 N–H and O–H groups in total. The lowest BCUT2D eigenvalue weighted by atomic mass is 10.2. The van der Waals surface area contributed by atoms with E-state index in [1.165, 1.54) is 5.56 Å². The molecule has 1 aromatic heterocycles. The molecule has 0 bridgehead atoms. The Morgan fingerprint density at radius 2 is 1.76 bits per heavy atom. The summed E-state index contributed by atoms with van der Waals surface area (Å²) >= 11 is 13.4. The maximum absolute atomic E-state index is 6.35. The van der Waals surface area contributed by atoms with E-state index in [0.29, 0.717) is 0 Å². The lowest BCUT2D eigenvalue weighted by Gasteiger charge is -2.14. The minimum Gasteiger partial charge on any atom is -0.295 e. The van der Waals surface area contributed by atoms with E-state index < -0.39 is 0 Å². The average molecular weight is 429 g/mol. The molecule has 0 fully saturated rings. The van der Waals surface area contributed by atoms with Gasteiger partial charge in [-0.15, -0.1) is 11.6 Å². The van der Waals surface area contributed by atoms with Crippen molar-refractivity contribution in [1.29, 1.82) is 0 Å². The van der Waals surface area contributed by atoms with Crippen LogP contribution in [0.15, 0.2) is 45.3 Å². The van der Waals surface area contributed by atoms with Gasteiger partial charge in [-0.25, -0.2) is 4.98 Å². The average Bonchev–Trinajstić information content (AvgIpc) is 2.80. The summed E-state index contributed by atoms with van der Waals surface area (Å²) in [4.78, 5) is 4.70. The van der Waals surface area contributed by atoms with Gasteiger partial charge in [-0.1, -0.05) is 37.9 Å². The molecule has 1 heterocycles. The topological polar surface area (TPSA) is 17.8 Å². The normalized spacial score (nSPS) is 12.8. The van der Waals surface area contributed by atoms with Crippen LogP contribution >= 0.6 is 43.5 Å². The molecular weight excluding hydrogens is 415 g/mol. The van der Waals surface area contributed by atoms with Crippen molar-refractivity contribution < 1.29 is 0 Å². The lowest BCUT2D eigenvalue weighted by molar-refractivity contribution is 0.878. The number of imidazole rings is 1. The number of hydrogen-bond acceptors (Lipinski definition) is 1. The zero-order chi connectivity index (χ0) is 15.1. The number of hydrogen-bond donors (Lipinski definition) is 0. The van der Waals surface area contributed by atoms with Crippen LogP contribution in [-0.4, -0.2) is 9.55 Å². The fourth-order valence-electron chi connectivity index (χ4n) is 2.41. The summed E-state index contributed by atoms with van der Waals surface area (Å²) in [5.41, 5.74) is 4.26. The molecule has 0 aliphatic carbocycles. The van der Waals surface area contributed by atoms with Gasteiger partial charge >= 0.3 is 0 Å². The summed E-state index contributed by atoms with van der Waals surface area (Å²) in [7, 11) is 0. The third kappa shape index (κ3) is 2.77. The third-order valence-corrected chi connectivity index (χ3v) is 4.59. The van der Waals surface area contributed by atoms with Crippen molar-refractivity contribution in [3.63, 3.8) is 0 Å². The van der Waals surface area contributed by atoms with Crippen molar-refractivity contribution in [3.05, 3.63) is 56.7 Å². The van der Waals surface area contributed by atoms with E-state index in [1.54, 1.807) is 0 Å². The van der Waals surface area contributed by atoms with Crippen LogP contribution in [0.4, 0.5) is 0 Å². The molecule has 0 radical (unpaired) electrons. The van der Waals surface area contributed by atoms with Crippen molar-refractivity contribution in [3.8, 4) is 5.69 Å². The molecule has 3 aromatic rings. The van der Waals surface area contributed by atoms with Gasteiger partial charge in [-0.3, -0.25) is 4.57 Å². The van der Waals surface area contributed by atoms with Gasteiger partial charge in [0.1, 0.15) is 5.82 Å². The highest BCUT2D eigenvalue weighted by molar-refractivity contribution is 9.10. The molecule has 1 atom stereocenters. The van der Waals surface area contributed by atoms with Gasteiger partial charge in [-0.2, -0.15) is 0 Å². The molecule has 0 aliphatic heterocycles.